The van der Waals surface area contributed by atoms with Crippen LogP contribution in [0.15, 0.2) is 35.9 Å². The van der Waals surface area contributed by atoms with Gasteiger partial charge in [-0.2, -0.15) is 0 Å². The maximum Gasteiger partial charge on any atom is 0.142 e. The second-order valence-electron chi connectivity index (χ2n) is 3.33. The van der Waals surface area contributed by atoms with Crippen molar-refractivity contribution in [2.75, 3.05) is 7.05 Å². The number of rotatable bonds is 1. The van der Waals surface area contributed by atoms with Gasteiger partial charge in [-0.05, 0) is 12.0 Å². The molecule has 1 rings (SSSR count). The molecule has 1 N–H and O–H groups in total. The summed E-state index contributed by atoms with van der Waals surface area (Å²) in [7, 11) is 1.87. The Morgan fingerprint density at radius 1 is 1.50 bits per heavy atom. The highest BCUT2D eigenvalue weighted by molar-refractivity contribution is 5.38. The molecule has 0 spiro atoms. The van der Waals surface area contributed by atoms with Crippen molar-refractivity contribution in [1.29, 1.82) is 0 Å². The van der Waals surface area contributed by atoms with Gasteiger partial charge in [0.15, 0.2) is 0 Å². The van der Waals surface area contributed by atoms with Gasteiger partial charge >= 0.3 is 0 Å². The van der Waals surface area contributed by atoms with Crippen LogP contribution in [0.3, 0.4) is 0 Å². The largest absolute Gasteiger partial charge is 0.505 e. The topological polar surface area (TPSA) is 23.5 Å². The van der Waals surface area contributed by atoms with Crippen LogP contribution in [0.5, 0.6) is 0 Å². The minimum absolute atomic E-state index is 0.315. The molecule has 0 aromatic carbocycles. The van der Waals surface area contributed by atoms with Gasteiger partial charge < -0.3 is 10.0 Å². The minimum Gasteiger partial charge on any atom is -0.505 e. The smallest absolute Gasteiger partial charge is 0.142 e. The van der Waals surface area contributed by atoms with Crippen molar-refractivity contribution in [3.8, 4) is 0 Å². The van der Waals surface area contributed by atoms with Crippen molar-refractivity contribution in [3.63, 3.8) is 0 Å². The molecule has 0 bridgehead atoms. The van der Waals surface area contributed by atoms with Gasteiger partial charge in [-0.25, -0.2) is 0 Å². The molecule has 66 valence electrons. The summed E-state index contributed by atoms with van der Waals surface area (Å²) in [5.74, 6) is 0.654. The van der Waals surface area contributed by atoms with Gasteiger partial charge in [0.05, 0.1) is 5.70 Å². The summed E-state index contributed by atoms with van der Waals surface area (Å²) in [5, 5.41) is 9.67. The highest BCUT2D eigenvalue weighted by Gasteiger charge is 2.16. The molecule has 12 heavy (non-hydrogen) atoms. The summed E-state index contributed by atoms with van der Waals surface area (Å²) >= 11 is 0. The van der Waals surface area contributed by atoms with Crippen LogP contribution in [-0.2, 0) is 0 Å². The van der Waals surface area contributed by atoms with E-state index in [1.807, 2.05) is 19.3 Å². The number of allylic oxidation sites excluding steroid dienone is 2. The predicted octanol–water partition coefficient (Wildman–Crippen LogP) is 2.43. The number of nitrogens with zero attached hydrogens (tertiary/aromatic N) is 1. The lowest BCUT2D eigenvalue weighted by Gasteiger charge is -2.24. The molecule has 0 amide bonds. The van der Waals surface area contributed by atoms with E-state index in [2.05, 4.69) is 20.4 Å². The number of hydrogen-bond donors (Lipinski definition) is 1. The van der Waals surface area contributed by atoms with Crippen molar-refractivity contribution in [2.45, 2.75) is 13.8 Å². The Balaban J connectivity index is 3.02. The van der Waals surface area contributed by atoms with Gasteiger partial charge in [-0.1, -0.05) is 20.4 Å². The summed E-state index contributed by atoms with van der Waals surface area (Å²) in [5.41, 5.74) is 1.62. The summed E-state index contributed by atoms with van der Waals surface area (Å²) in [4.78, 5) is 1.81. The van der Waals surface area contributed by atoms with Gasteiger partial charge in [-0.15, -0.1) is 0 Å². The Labute approximate surface area is 73.5 Å². The molecule has 2 heteroatoms. The van der Waals surface area contributed by atoms with E-state index in [-0.39, 0.29) is 0 Å². The van der Waals surface area contributed by atoms with E-state index in [0.717, 1.165) is 5.57 Å². The summed E-state index contributed by atoms with van der Waals surface area (Å²) in [6.45, 7) is 7.88. The van der Waals surface area contributed by atoms with E-state index in [0.29, 0.717) is 17.4 Å². The Hall–Kier alpha value is -1.18. The number of aliphatic hydroxyl groups excluding tert-OH is 1. The molecule has 0 aromatic heterocycles. The van der Waals surface area contributed by atoms with Crippen LogP contribution >= 0.6 is 0 Å². The van der Waals surface area contributed by atoms with Crippen LogP contribution < -0.4 is 0 Å². The molecule has 1 heterocycles. The van der Waals surface area contributed by atoms with Gasteiger partial charge in [0.25, 0.3) is 0 Å². The van der Waals surface area contributed by atoms with Gasteiger partial charge in [0, 0.05) is 18.8 Å². The van der Waals surface area contributed by atoms with Crippen LogP contribution in [-0.4, -0.2) is 17.1 Å². The molecular weight excluding hydrogens is 150 g/mol. The molecule has 2 nitrogen and oxygen atoms in total. The van der Waals surface area contributed by atoms with E-state index >= 15 is 0 Å². The molecule has 0 aromatic rings. The molecule has 1 aliphatic heterocycles. The van der Waals surface area contributed by atoms with E-state index < -0.39 is 0 Å². The predicted molar refractivity (Wildman–Crippen MR) is 50.5 cm³/mol. The van der Waals surface area contributed by atoms with E-state index in [1.165, 1.54) is 0 Å². The fraction of sp³-hybridized carbons (Fsp3) is 0.400. The van der Waals surface area contributed by atoms with Crippen molar-refractivity contribution >= 4 is 0 Å². The Kier molecular flexibility index (Phi) is 2.27. The summed E-state index contributed by atoms with van der Waals surface area (Å²) < 4.78 is 0. The van der Waals surface area contributed by atoms with Crippen molar-refractivity contribution in [1.82, 2.24) is 4.90 Å². The van der Waals surface area contributed by atoms with Crippen molar-refractivity contribution in [3.05, 3.63) is 35.9 Å². The Morgan fingerprint density at radius 3 is 2.58 bits per heavy atom. The zero-order chi connectivity index (χ0) is 9.30. The van der Waals surface area contributed by atoms with Gasteiger partial charge in [-0.3, -0.25) is 0 Å². The lowest BCUT2D eigenvalue weighted by Crippen LogP contribution is -2.17. The molecule has 1 aliphatic rings. The molecule has 0 atom stereocenters. The first-order valence-corrected chi connectivity index (χ1v) is 4.07. The monoisotopic (exact) mass is 165 g/mol. The summed E-state index contributed by atoms with van der Waals surface area (Å²) in [6, 6.07) is 0. The van der Waals surface area contributed by atoms with Crippen LogP contribution in [0.4, 0.5) is 0 Å². The van der Waals surface area contributed by atoms with Gasteiger partial charge in [0.1, 0.15) is 5.76 Å². The zero-order valence-corrected chi connectivity index (χ0v) is 7.83. The SMILES string of the molecule is C=C1C(O)=C(C(C)C)C=CN1C. The second-order valence-corrected chi connectivity index (χ2v) is 3.33. The van der Waals surface area contributed by atoms with E-state index in [4.69, 9.17) is 0 Å². The highest BCUT2D eigenvalue weighted by atomic mass is 16.3. The van der Waals surface area contributed by atoms with Crippen molar-refractivity contribution in [2.24, 2.45) is 5.92 Å². The molecule has 0 fully saturated rings. The zero-order valence-electron chi connectivity index (χ0n) is 7.83. The maximum absolute atomic E-state index is 9.67. The lowest BCUT2D eigenvalue weighted by molar-refractivity contribution is 0.370. The first-order valence-electron chi connectivity index (χ1n) is 4.07. The fourth-order valence-corrected chi connectivity index (χ4v) is 1.16. The third-order valence-electron chi connectivity index (χ3n) is 2.07. The summed E-state index contributed by atoms with van der Waals surface area (Å²) in [6.07, 6.45) is 3.84. The standard InChI is InChI=1S/C10H15NO/c1-7(2)9-5-6-11(4)8(3)10(9)12/h5-7,12H,3H2,1-2,4H3. The third kappa shape index (κ3) is 1.37. The van der Waals surface area contributed by atoms with E-state index in [9.17, 15) is 5.11 Å². The minimum atomic E-state index is 0.315. The Morgan fingerprint density at radius 2 is 2.08 bits per heavy atom. The van der Waals surface area contributed by atoms with Gasteiger partial charge in [0.2, 0.25) is 0 Å². The first-order chi connectivity index (χ1) is 5.54. The average molecular weight is 165 g/mol. The molecule has 0 aliphatic carbocycles. The second kappa shape index (κ2) is 3.05. The lowest BCUT2D eigenvalue weighted by atomic mass is 9.99. The first kappa shape index (κ1) is 8.91. The van der Waals surface area contributed by atoms with Crippen LogP contribution in [0.2, 0.25) is 0 Å². The molecular formula is C10H15NO. The normalized spacial score (nSPS) is 18.0. The Bertz CT molecular complexity index is 261. The molecule has 0 saturated carbocycles. The number of likely N-dealkylation sites (N-methyl/N-ethyl adjacent to an activating group) is 1. The molecule has 0 unspecified atom stereocenters. The fourth-order valence-electron chi connectivity index (χ4n) is 1.16. The number of hydrogen-bond acceptors (Lipinski definition) is 2. The van der Waals surface area contributed by atoms with E-state index in [1.54, 1.807) is 4.90 Å². The molecule has 0 radical (unpaired) electrons. The van der Waals surface area contributed by atoms with Crippen molar-refractivity contribution < 1.29 is 5.11 Å². The number of aliphatic hydroxyl groups is 1. The average Bonchev–Trinajstić information content (AvgIpc) is 2.00. The van der Waals surface area contributed by atoms with Crippen LogP contribution in [0.25, 0.3) is 0 Å². The third-order valence-corrected chi connectivity index (χ3v) is 2.07. The van der Waals surface area contributed by atoms with Crippen LogP contribution in [0, 0.1) is 5.92 Å². The maximum atomic E-state index is 9.67. The molecule has 0 saturated heterocycles. The highest BCUT2D eigenvalue weighted by Crippen LogP contribution is 2.25. The van der Waals surface area contributed by atoms with Crippen LogP contribution in [0.1, 0.15) is 13.8 Å². The quantitative estimate of drug-likeness (QED) is 0.645.